The van der Waals surface area contributed by atoms with E-state index < -0.39 is 83.6 Å². The van der Waals surface area contributed by atoms with Crippen molar-refractivity contribution in [1.82, 2.24) is 29.1 Å². The second kappa shape index (κ2) is 11.9. The number of nitrogen functional groups attached to an aromatic ring is 2. The van der Waals surface area contributed by atoms with E-state index in [0.29, 0.717) is 0 Å². The minimum atomic E-state index is -5.32. The summed E-state index contributed by atoms with van der Waals surface area (Å²) >= 11 is 0. The molecule has 10 N–H and O–H groups in total. The molecule has 24 heteroatoms. The second-order valence-electron chi connectivity index (χ2n) is 9.31. The third kappa shape index (κ3) is 6.47. The zero-order valence-corrected chi connectivity index (χ0v) is 23.3. The van der Waals surface area contributed by atoms with Gasteiger partial charge in [0, 0.05) is 6.20 Å². The maximum Gasteiger partial charge on any atom is 0.472 e. The molecule has 2 aliphatic heterocycles. The van der Waals surface area contributed by atoms with Crippen LogP contribution < -0.4 is 17.2 Å². The van der Waals surface area contributed by atoms with Crippen molar-refractivity contribution in [3.8, 4) is 0 Å². The summed E-state index contributed by atoms with van der Waals surface area (Å²) in [7, 11) is -10.5. The Kier molecular flexibility index (Phi) is 8.68. The number of aliphatic hydroxyl groups excluding tert-OH is 3. The molecule has 5 heterocycles. The average Bonchev–Trinajstić information content (AvgIpc) is 3.57. The molecule has 0 radical (unpaired) electrons. The predicted molar refractivity (Wildman–Crippen MR) is 137 cm³/mol. The molecule has 2 aliphatic rings. The highest BCUT2D eigenvalue weighted by Crippen LogP contribution is 2.52. The quantitative estimate of drug-likeness (QED) is 0.0996. The maximum atomic E-state index is 13.0. The Labute approximate surface area is 239 Å². The van der Waals surface area contributed by atoms with E-state index in [-0.39, 0.29) is 22.8 Å². The van der Waals surface area contributed by atoms with Crippen LogP contribution in [0.3, 0.4) is 0 Å². The monoisotopic (exact) mass is 652 g/mol. The largest absolute Gasteiger partial charge is 0.472 e. The Morgan fingerprint density at radius 2 is 1.67 bits per heavy atom. The number of phosphoric ester groups is 2. The molecule has 22 nitrogen and oxygen atoms in total. The summed E-state index contributed by atoms with van der Waals surface area (Å²) in [5.41, 5.74) is 10.5. The molecule has 0 aliphatic carbocycles. The van der Waals surface area contributed by atoms with Crippen molar-refractivity contribution in [2.75, 3.05) is 24.7 Å². The lowest BCUT2D eigenvalue weighted by molar-refractivity contribution is -0.0609. The summed E-state index contributed by atoms with van der Waals surface area (Å²) in [6.45, 7) is -1.76. The van der Waals surface area contributed by atoms with Crippen LogP contribution in [0.5, 0.6) is 0 Å². The van der Waals surface area contributed by atoms with Crippen LogP contribution in [0.4, 0.5) is 11.6 Å². The minimum absolute atomic E-state index is 0.0322. The van der Waals surface area contributed by atoms with Crippen molar-refractivity contribution in [2.45, 2.75) is 49.1 Å². The van der Waals surface area contributed by atoms with Crippen LogP contribution in [-0.4, -0.2) is 109 Å². The summed E-state index contributed by atoms with van der Waals surface area (Å²) < 4.78 is 52.8. The molecule has 0 amide bonds. The zero-order chi connectivity index (χ0) is 31.3. The van der Waals surface area contributed by atoms with Gasteiger partial charge in [-0.2, -0.15) is 4.98 Å². The van der Waals surface area contributed by atoms with Gasteiger partial charge >= 0.3 is 21.3 Å². The van der Waals surface area contributed by atoms with Gasteiger partial charge in [-0.1, -0.05) is 0 Å². The number of phosphoric acid groups is 2. The number of anilines is 2. The average molecular weight is 652 g/mol. The van der Waals surface area contributed by atoms with Crippen molar-refractivity contribution >= 4 is 38.4 Å². The Bertz CT molecular complexity index is 1630. The van der Waals surface area contributed by atoms with E-state index in [4.69, 9.17) is 34.5 Å². The van der Waals surface area contributed by atoms with Gasteiger partial charge in [-0.15, -0.1) is 0 Å². The van der Waals surface area contributed by atoms with Gasteiger partial charge in [0.15, 0.2) is 23.9 Å². The van der Waals surface area contributed by atoms with E-state index in [1.54, 1.807) is 0 Å². The fourth-order valence-corrected chi connectivity index (χ4v) is 6.10. The third-order valence-electron chi connectivity index (χ3n) is 6.51. The third-order valence-corrected chi connectivity index (χ3v) is 8.01. The first kappa shape index (κ1) is 31.5. The number of aromatic nitrogens is 6. The molecule has 3 aromatic heterocycles. The Morgan fingerprint density at radius 3 is 2.35 bits per heavy atom. The van der Waals surface area contributed by atoms with E-state index in [1.807, 2.05) is 0 Å². The lowest BCUT2D eigenvalue weighted by atomic mass is 10.1. The first-order valence-electron chi connectivity index (χ1n) is 12.1. The van der Waals surface area contributed by atoms with Crippen LogP contribution in [-0.2, 0) is 32.2 Å². The van der Waals surface area contributed by atoms with E-state index in [2.05, 4.69) is 19.9 Å². The summed E-state index contributed by atoms with van der Waals surface area (Å²) in [5.74, 6) is -0.137. The number of imidazole rings is 1. The van der Waals surface area contributed by atoms with Gasteiger partial charge in [0.2, 0.25) is 0 Å². The summed E-state index contributed by atoms with van der Waals surface area (Å²) in [6, 6.07) is 1.24. The lowest BCUT2D eigenvalue weighted by Gasteiger charge is -2.26. The molecule has 0 spiro atoms. The number of hydrogen-bond acceptors (Lipinski definition) is 17. The summed E-state index contributed by atoms with van der Waals surface area (Å²) in [6.07, 6.45) is -9.72. The van der Waals surface area contributed by atoms with Crippen molar-refractivity contribution in [3.63, 3.8) is 0 Å². The molecule has 2 saturated heterocycles. The number of ether oxygens (including phenoxy) is 2. The SMILES string of the molecule is Nc1ccn([C@@H]2O[C@H](COP(=O)(O)O[C@H]3[C@@H](OP(=O)(O)O)[C@H](n4cnc5c(N)ncnc54)O[C@@H]3CO)[C@@H](O)[C@H]2O)c(=O)n1. The van der Waals surface area contributed by atoms with Gasteiger partial charge in [0.1, 0.15) is 54.3 Å². The molecule has 1 unspecified atom stereocenters. The first-order valence-corrected chi connectivity index (χ1v) is 15.2. The number of rotatable bonds is 10. The number of fused-ring (bicyclic) bond motifs is 1. The molecular weight excluding hydrogens is 626 g/mol. The van der Waals surface area contributed by atoms with Gasteiger partial charge in [0.25, 0.3) is 0 Å². The van der Waals surface area contributed by atoms with Crippen LogP contribution in [0.25, 0.3) is 11.2 Å². The number of aliphatic hydroxyl groups is 3. The zero-order valence-electron chi connectivity index (χ0n) is 21.5. The number of nitrogens with two attached hydrogens (primary N) is 2. The number of nitrogens with zero attached hydrogens (tertiary/aromatic N) is 6. The van der Waals surface area contributed by atoms with Gasteiger partial charge in [-0.05, 0) is 6.07 Å². The normalized spacial score (nSPS) is 31.0. The molecule has 0 bridgehead atoms. The van der Waals surface area contributed by atoms with Gasteiger partial charge < -0.3 is 50.9 Å². The Balaban J connectivity index is 1.34. The maximum absolute atomic E-state index is 13.0. The van der Waals surface area contributed by atoms with E-state index in [1.165, 1.54) is 6.07 Å². The van der Waals surface area contributed by atoms with Crippen molar-refractivity contribution in [3.05, 3.63) is 35.4 Å². The Morgan fingerprint density at radius 1 is 0.953 bits per heavy atom. The highest BCUT2D eigenvalue weighted by atomic mass is 31.2. The van der Waals surface area contributed by atoms with Gasteiger partial charge in [-0.25, -0.2) is 28.9 Å². The molecule has 5 rings (SSSR count). The molecule has 0 aromatic carbocycles. The number of hydrogen-bond donors (Lipinski definition) is 8. The van der Waals surface area contributed by atoms with Gasteiger partial charge in [0.05, 0.1) is 19.5 Å². The van der Waals surface area contributed by atoms with Crippen molar-refractivity contribution in [2.24, 2.45) is 0 Å². The predicted octanol–water partition coefficient (Wildman–Crippen LogP) is -3.26. The molecule has 3 aromatic rings. The smallest absolute Gasteiger partial charge is 0.394 e. The second-order valence-corrected chi connectivity index (χ2v) is 11.9. The van der Waals surface area contributed by atoms with Crippen LogP contribution in [0.2, 0.25) is 0 Å². The Hall–Kier alpha value is -2.95. The van der Waals surface area contributed by atoms with Crippen LogP contribution >= 0.6 is 15.6 Å². The molecular formula is C19H26N8O14P2. The standard InChI is InChI=1S/C19H26N8O14P2/c20-9-1-2-26(19(31)25-9)17-12(30)11(29)8(39-17)4-37-43(35,36)41-13-7(3-28)38-18(14(13)40-42(32,33)34)27-6-24-10-15(21)22-5-23-16(10)27/h1-2,5-8,11-14,17-18,28-30H,3-4H2,(H,35,36)(H2,20,25,31)(H2,21,22,23)(H2,32,33,34)/t7-,8-,11-,12-,13-,14-,17-,18-/m1/s1. The molecule has 236 valence electrons. The molecule has 9 atom stereocenters. The summed E-state index contributed by atoms with van der Waals surface area (Å²) in [4.78, 5) is 57.1. The van der Waals surface area contributed by atoms with Crippen molar-refractivity contribution < 1.29 is 62.2 Å². The highest BCUT2D eigenvalue weighted by Gasteiger charge is 2.53. The summed E-state index contributed by atoms with van der Waals surface area (Å²) in [5, 5.41) is 30.7. The molecule has 43 heavy (non-hydrogen) atoms. The fourth-order valence-electron chi connectivity index (χ4n) is 4.60. The van der Waals surface area contributed by atoms with E-state index in [9.17, 15) is 43.9 Å². The minimum Gasteiger partial charge on any atom is -0.394 e. The lowest BCUT2D eigenvalue weighted by Crippen LogP contribution is -2.37. The van der Waals surface area contributed by atoms with E-state index >= 15 is 0 Å². The first-order chi connectivity index (χ1) is 20.2. The van der Waals surface area contributed by atoms with Crippen LogP contribution in [0.1, 0.15) is 12.5 Å². The molecule has 0 saturated carbocycles. The van der Waals surface area contributed by atoms with E-state index in [0.717, 1.165) is 28.0 Å². The topological polar surface area (TPSA) is 332 Å². The van der Waals surface area contributed by atoms with Crippen LogP contribution in [0, 0.1) is 0 Å². The van der Waals surface area contributed by atoms with Gasteiger partial charge in [-0.3, -0.25) is 22.7 Å². The fraction of sp³-hybridized carbons (Fsp3) is 0.526. The highest BCUT2D eigenvalue weighted by molar-refractivity contribution is 7.47. The van der Waals surface area contributed by atoms with Crippen LogP contribution in [0.15, 0.2) is 29.7 Å². The molecule has 2 fully saturated rings. The van der Waals surface area contributed by atoms with Crippen molar-refractivity contribution in [1.29, 1.82) is 0 Å².